The van der Waals surface area contributed by atoms with Gasteiger partial charge in [-0.05, 0) is 18.2 Å². The van der Waals surface area contributed by atoms with Crippen molar-refractivity contribution in [2.24, 2.45) is 11.7 Å². The van der Waals surface area contributed by atoms with Crippen molar-refractivity contribution in [1.82, 2.24) is 0 Å². The minimum Gasteiger partial charge on any atom is -0.387 e. The summed E-state index contributed by atoms with van der Waals surface area (Å²) in [7, 11) is 0. The topological polar surface area (TPSA) is 49.9 Å². The predicted octanol–water partition coefficient (Wildman–Crippen LogP) is 2.49. The van der Waals surface area contributed by atoms with Crippen LogP contribution in [0.3, 0.4) is 0 Å². The van der Waals surface area contributed by atoms with Crippen molar-refractivity contribution in [3.63, 3.8) is 0 Å². The molecule has 1 unspecified atom stereocenters. The first-order chi connectivity index (χ1) is 6.59. The minimum absolute atomic E-state index is 0.0308. The van der Waals surface area contributed by atoms with E-state index in [9.17, 15) is 4.39 Å². The monoisotopic (exact) mass is 212 g/mol. The number of nitrogens with two attached hydrogens (primary N) is 1. The average Bonchev–Trinajstić information content (AvgIpc) is 2.14. The number of rotatable bonds is 4. The van der Waals surface area contributed by atoms with Gasteiger partial charge in [-0.3, -0.25) is 5.41 Å². The Bertz CT molecular complexity index is 328. The van der Waals surface area contributed by atoms with E-state index in [4.69, 9.17) is 11.1 Å². The molecule has 0 aromatic heterocycles. The molecule has 0 spiro atoms. The lowest BCUT2D eigenvalue weighted by atomic mass is 10.2. The van der Waals surface area contributed by atoms with Crippen LogP contribution in [0.4, 0.5) is 4.39 Å². The van der Waals surface area contributed by atoms with Gasteiger partial charge >= 0.3 is 0 Å². The average molecular weight is 212 g/mol. The lowest BCUT2D eigenvalue weighted by Gasteiger charge is -2.08. The first-order valence-corrected chi connectivity index (χ1v) is 5.30. The van der Waals surface area contributed by atoms with E-state index in [2.05, 4.69) is 0 Å². The molecule has 0 amide bonds. The van der Waals surface area contributed by atoms with Crippen molar-refractivity contribution in [1.29, 1.82) is 5.41 Å². The van der Waals surface area contributed by atoms with Gasteiger partial charge in [0.2, 0.25) is 0 Å². The SMILES string of the molecule is CC(CSc1cccc(F)c1)C(=N)N. The standard InChI is InChI=1S/C10H13FN2S/c1-7(10(12)13)6-14-9-4-2-3-8(11)5-9/h2-5,7H,6H2,1H3,(H3,12,13). The van der Waals surface area contributed by atoms with E-state index in [0.29, 0.717) is 5.75 Å². The molecular weight excluding hydrogens is 199 g/mol. The highest BCUT2D eigenvalue weighted by Gasteiger charge is 2.05. The van der Waals surface area contributed by atoms with Crippen molar-refractivity contribution in [2.45, 2.75) is 11.8 Å². The third-order valence-corrected chi connectivity index (χ3v) is 3.08. The predicted molar refractivity (Wildman–Crippen MR) is 58.2 cm³/mol. The van der Waals surface area contributed by atoms with Crippen LogP contribution < -0.4 is 5.73 Å². The van der Waals surface area contributed by atoms with Crippen LogP contribution in [-0.2, 0) is 0 Å². The molecule has 2 nitrogen and oxygen atoms in total. The Morgan fingerprint density at radius 2 is 2.36 bits per heavy atom. The summed E-state index contributed by atoms with van der Waals surface area (Å²) in [4.78, 5) is 0.873. The third kappa shape index (κ3) is 3.38. The van der Waals surface area contributed by atoms with Crippen LogP contribution in [0.1, 0.15) is 6.92 Å². The lowest BCUT2D eigenvalue weighted by Crippen LogP contribution is -2.21. The van der Waals surface area contributed by atoms with Gasteiger partial charge < -0.3 is 5.73 Å². The Kier molecular flexibility index (Phi) is 3.95. The number of halogens is 1. The van der Waals surface area contributed by atoms with Gasteiger partial charge in [-0.2, -0.15) is 0 Å². The molecule has 3 N–H and O–H groups in total. The zero-order valence-corrected chi connectivity index (χ0v) is 8.77. The lowest BCUT2D eigenvalue weighted by molar-refractivity contribution is 0.624. The second kappa shape index (κ2) is 5.00. The quantitative estimate of drug-likeness (QED) is 0.457. The van der Waals surface area contributed by atoms with Crippen LogP contribution in [0.15, 0.2) is 29.2 Å². The maximum Gasteiger partial charge on any atom is 0.124 e. The maximum absolute atomic E-state index is 12.8. The second-order valence-electron chi connectivity index (χ2n) is 3.12. The van der Waals surface area contributed by atoms with Crippen molar-refractivity contribution in [3.05, 3.63) is 30.1 Å². The summed E-state index contributed by atoms with van der Waals surface area (Å²) in [6.07, 6.45) is 0. The molecule has 1 aromatic rings. The van der Waals surface area contributed by atoms with E-state index in [0.717, 1.165) is 4.90 Å². The van der Waals surface area contributed by atoms with Gasteiger partial charge in [0.05, 0.1) is 5.84 Å². The Balaban J connectivity index is 2.49. The summed E-state index contributed by atoms with van der Waals surface area (Å²) < 4.78 is 12.8. The Hall–Kier alpha value is -1.03. The van der Waals surface area contributed by atoms with Crippen molar-refractivity contribution >= 4 is 17.6 Å². The highest BCUT2D eigenvalue weighted by molar-refractivity contribution is 7.99. The first-order valence-electron chi connectivity index (χ1n) is 4.32. The van der Waals surface area contributed by atoms with Crippen LogP contribution in [0, 0.1) is 17.1 Å². The van der Waals surface area contributed by atoms with E-state index in [1.807, 2.05) is 13.0 Å². The van der Waals surface area contributed by atoms with Gasteiger partial charge in [-0.1, -0.05) is 13.0 Å². The fourth-order valence-corrected chi connectivity index (χ4v) is 1.86. The number of benzene rings is 1. The molecule has 0 aliphatic rings. The van der Waals surface area contributed by atoms with Crippen LogP contribution in [-0.4, -0.2) is 11.6 Å². The van der Waals surface area contributed by atoms with E-state index in [-0.39, 0.29) is 17.6 Å². The van der Waals surface area contributed by atoms with Gasteiger partial charge in [0.1, 0.15) is 5.82 Å². The van der Waals surface area contributed by atoms with Crippen LogP contribution in [0.2, 0.25) is 0 Å². The Morgan fingerprint density at radius 1 is 1.64 bits per heavy atom. The van der Waals surface area contributed by atoms with Gasteiger partial charge in [0.25, 0.3) is 0 Å². The molecule has 0 heterocycles. The van der Waals surface area contributed by atoms with Gasteiger partial charge in [-0.25, -0.2) is 4.39 Å². The molecular formula is C10H13FN2S. The van der Waals surface area contributed by atoms with E-state index in [1.54, 1.807) is 6.07 Å². The normalized spacial score (nSPS) is 12.4. The summed E-state index contributed by atoms with van der Waals surface area (Å²) in [5, 5.41) is 7.20. The fourth-order valence-electron chi connectivity index (χ4n) is 0.868. The Morgan fingerprint density at radius 3 is 2.93 bits per heavy atom. The summed E-state index contributed by atoms with van der Waals surface area (Å²) >= 11 is 1.51. The highest BCUT2D eigenvalue weighted by atomic mass is 32.2. The second-order valence-corrected chi connectivity index (χ2v) is 4.22. The fraction of sp³-hybridized carbons (Fsp3) is 0.300. The molecule has 0 saturated carbocycles. The maximum atomic E-state index is 12.8. The van der Waals surface area contributed by atoms with Crippen LogP contribution in [0.5, 0.6) is 0 Å². The first kappa shape index (κ1) is 11.0. The molecule has 1 rings (SSSR count). The molecule has 4 heteroatoms. The molecule has 76 valence electrons. The summed E-state index contributed by atoms with van der Waals surface area (Å²) in [6, 6.07) is 6.42. The summed E-state index contributed by atoms with van der Waals surface area (Å²) in [5.41, 5.74) is 5.33. The summed E-state index contributed by atoms with van der Waals surface area (Å²) in [6.45, 7) is 1.88. The highest BCUT2D eigenvalue weighted by Crippen LogP contribution is 2.21. The number of thioether (sulfide) groups is 1. The molecule has 0 saturated heterocycles. The zero-order valence-electron chi connectivity index (χ0n) is 7.96. The van der Waals surface area contributed by atoms with E-state index < -0.39 is 0 Å². The minimum atomic E-state index is -0.231. The largest absolute Gasteiger partial charge is 0.387 e. The third-order valence-electron chi connectivity index (χ3n) is 1.83. The smallest absolute Gasteiger partial charge is 0.124 e. The molecule has 0 radical (unpaired) electrons. The number of amidine groups is 1. The zero-order chi connectivity index (χ0) is 10.6. The van der Waals surface area contributed by atoms with Crippen molar-refractivity contribution in [3.8, 4) is 0 Å². The van der Waals surface area contributed by atoms with Crippen LogP contribution in [0.25, 0.3) is 0 Å². The molecule has 1 aromatic carbocycles. The van der Waals surface area contributed by atoms with E-state index in [1.165, 1.54) is 23.9 Å². The molecule has 0 bridgehead atoms. The summed E-state index contributed by atoms with van der Waals surface area (Å²) in [5.74, 6) is 0.682. The van der Waals surface area contributed by atoms with Gasteiger partial charge in [0, 0.05) is 16.6 Å². The van der Waals surface area contributed by atoms with Crippen LogP contribution >= 0.6 is 11.8 Å². The molecule has 0 aliphatic heterocycles. The van der Waals surface area contributed by atoms with Gasteiger partial charge in [0.15, 0.2) is 0 Å². The molecule has 1 atom stereocenters. The van der Waals surface area contributed by atoms with E-state index >= 15 is 0 Å². The van der Waals surface area contributed by atoms with Crippen molar-refractivity contribution in [2.75, 3.05) is 5.75 Å². The van der Waals surface area contributed by atoms with Crippen molar-refractivity contribution < 1.29 is 4.39 Å². The molecule has 0 aliphatic carbocycles. The number of nitrogens with one attached hydrogen (secondary N) is 1. The number of hydrogen-bond donors (Lipinski definition) is 2. The number of hydrogen-bond acceptors (Lipinski definition) is 2. The molecule has 14 heavy (non-hydrogen) atoms. The Labute approximate surface area is 87.2 Å². The van der Waals surface area contributed by atoms with Gasteiger partial charge in [-0.15, -0.1) is 11.8 Å². The molecule has 0 fully saturated rings.